The van der Waals surface area contributed by atoms with Crippen LogP contribution in [0.3, 0.4) is 0 Å². The number of anilines is 3. The van der Waals surface area contributed by atoms with E-state index in [1.165, 1.54) is 0 Å². The molecule has 0 amide bonds. The Kier molecular flexibility index (Phi) is 7.88. The molecular weight excluding hydrogens is 521 g/mol. The molecule has 3 aromatic rings. The molecule has 3 aliphatic heterocycles. The first kappa shape index (κ1) is 27.6. The lowest BCUT2D eigenvalue weighted by Crippen LogP contribution is -2.54. The van der Waals surface area contributed by atoms with E-state index in [0.717, 1.165) is 73.9 Å². The molecule has 11 heteroatoms. The van der Waals surface area contributed by atoms with Crippen molar-refractivity contribution in [2.75, 3.05) is 73.6 Å². The number of nitrogens with zero attached hydrogens (tertiary/aromatic N) is 8. The van der Waals surface area contributed by atoms with Crippen LogP contribution in [0, 0.1) is 18.3 Å². The Hall–Kier alpha value is -3.59. The van der Waals surface area contributed by atoms with E-state index in [9.17, 15) is 9.65 Å². The first-order valence-corrected chi connectivity index (χ1v) is 14.5. The fourth-order valence-corrected chi connectivity index (χ4v) is 6.26. The van der Waals surface area contributed by atoms with Crippen molar-refractivity contribution in [2.24, 2.45) is 5.73 Å². The number of halogens is 1. The van der Waals surface area contributed by atoms with E-state index in [0.29, 0.717) is 24.5 Å². The molecule has 0 spiro atoms. The Morgan fingerprint density at radius 1 is 1.05 bits per heavy atom. The minimum Gasteiger partial charge on any atom is -0.370 e. The summed E-state index contributed by atoms with van der Waals surface area (Å²) in [4.78, 5) is 23.0. The number of hydrogen-bond donors (Lipinski definition) is 1. The second-order valence-electron chi connectivity index (χ2n) is 11.5. The van der Waals surface area contributed by atoms with Crippen LogP contribution in [0.25, 0.3) is 10.9 Å². The summed E-state index contributed by atoms with van der Waals surface area (Å²) in [7, 11) is 0. The third-order valence-corrected chi connectivity index (χ3v) is 8.40. The Bertz CT molecular complexity index is 1420. The molecule has 41 heavy (non-hydrogen) atoms. The van der Waals surface area contributed by atoms with Gasteiger partial charge in [-0.2, -0.15) is 10.2 Å². The predicted octanol–water partition coefficient (Wildman–Crippen LogP) is 2.50. The van der Waals surface area contributed by atoms with Crippen molar-refractivity contribution in [3.05, 3.63) is 47.8 Å². The molecular formula is C30H38FN9O. The number of nitriles is 1. The number of nitrogens with two attached hydrogens (primary N) is 1. The molecule has 3 fully saturated rings. The molecule has 0 aliphatic carbocycles. The Morgan fingerprint density at radius 2 is 1.88 bits per heavy atom. The Balaban J connectivity index is 1.09. The van der Waals surface area contributed by atoms with Crippen molar-refractivity contribution >= 4 is 28.4 Å². The molecule has 3 aliphatic rings. The third kappa shape index (κ3) is 5.91. The molecule has 4 atom stereocenters. The van der Waals surface area contributed by atoms with Gasteiger partial charge in [0.15, 0.2) is 0 Å². The van der Waals surface area contributed by atoms with Crippen LogP contribution in [0.1, 0.15) is 24.6 Å². The van der Waals surface area contributed by atoms with Gasteiger partial charge in [-0.25, -0.2) is 9.37 Å². The summed E-state index contributed by atoms with van der Waals surface area (Å²) >= 11 is 0. The topological polar surface area (TPSA) is 111 Å². The number of piperidine rings is 1. The number of ether oxygens (including phenoxy) is 1. The molecule has 3 saturated heterocycles. The van der Waals surface area contributed by atoms with Crippen molar-refractivity contribution in [1.29, 1.82) is 5.26 Å². The largest absolute Gasteiger partial charge is 0.370 e. The highest BCUT2D eigenvalue weighted by molar-refractivity contribution is 5.95. The summed E-state index contributed by atoms with van der Waals surface area (Å²) in [6.07, 6.45) is 1.44. The fourth-order valence-electron chi connectivity index (χ4n) is 6.26. The first-order chi connectivity index (χ1) is 19.9. The summed E-state index contributed by atoms with van der Waals surface area (Å²) in [6.45, 7) is 10.9. The molecule has 2 N–H and O–H groups in total. The zero-order chi connectivity index (χ0) is 28.5. The van der Waals surface area contributed by atoms with E-state index in [2.05, 4.69) is 37.7 Å². The average Bonchev–Trinajstić information content (AvgIpc) is 2.97. The summed E-state index contributed by atoms with van der Waals surface area (Å²) in [5.41, 5.74) is 9.20. The van der Waals surface area contributed by atoms with Gasteiger partial charge in [-0.1, -0.05) is 0 Å². The summed E-state index contributed by atoms with van der Waals surface area (Å²) in [6, 6.07) is 11.8. The lowest BCUT2D eigenvalue weighted by atomic mass is 10.0. The Morgan fingerprint density at radius 3 is 2.66 bits per heavy atom. The lowest BCUT2D eigenvalue weighted by Gasteiger charge is -2.42. The number of alkyl halides is 1. The summed E-state index contributed by atoms with van der Waals surface area (Å²) in [5, 5.41) is 10.5. The van der Waals surface area contributed by atoms with Crippen LogP contribution in [0.2, 0.25) is 0 Å². The number of benzene rings is 1. The highest BCUT2D eigenvalue weighted by Crippen LogP contribution is 2.30. The van der Waals surface area contributed by atoms with E-state index in [1.54, 1.807) is 6.20 Å². The zero-order valence-corrected chi connectivity index (χ0v) is 23.8. The van der Waals surface area contributed by atoms with E-state index in [4.69, 9.17) is 15.5 Å². The number of aromatic nitrogens is 3. The van der Waals surface area contributed by atoms with E-state index >= 15 is 0 Å². The number of rotatable bonds is 5. The second kappa shape index (κ2) is 11.7. The maximum atomic E-state index is 14.3. The number of pyridine rings is 1. The number of aryl methyl sites for hydroxylation is 1. The van der Waals surface area contributed by atoms with Gasteiger partial charge < -0.3 is 25.2 Å². The summed E-state index contributed by atoms with van der Waals surface area (Å²) < 4.78 is 20.7. The van der Waals surface area contributed by atoms with Gasteiger partial charge in [-0.15, -0.1) is 0 Å². The zero-order valence-electron chi connectivity index (χ0n) is 23.8. The maximum Gasteiger partial charge on any atom is 0.227 e. The molecule has 1 aromatic carbocycles. The van der Waals surface area contributed by atoms with Crippen LogP contribution in [-0.4, -0.2) is 103 Å². The number of piperazine rings is 1. The van der Waals surface area contributed by atoms with E-state index in [-0.39, 0.29) is 18.8 Å². The summed E-state index contributed by atoms with van der Waals surface area (Å²) in [5.74, 6) is 1.49. The first-order valence-electron chi connectivity index (χ1n) is 14.5. The molecule has 0 saturated carbocycles. The number of hydrogen-bond acceptors (Lipinski definition) is 10. The van der Waals surface area contributed by atoms with E-state index in [1.807, 2.05) is 42.2 Å². The van der Waals surface area contributed by atoms with Crippen molar-refractivity contribution in [3.63, 3.8) is 0 Å². The van der Waals surface area contributed by atoms with Gasteiger partial charge in [-0.05, 0) is 44.5 Å². The molecule has 0 bridgehead atoms. The molecule has 0 unspecified atom stereocenters. The van der Waals surface area contributed by atoms with Gasteiger partial charge >= 0.3 is 0 Å². The number of fused-ring (bicyclic) bond motifs is 1. The molecule has 0 radical (unpaired) electrons. The van der Waals surface area contributed by atoms with Gasteiger partial charge in [0.2, 0.25) is 5.95 Å². The minimum absolute atomic E-state index is 0.0691. The van der Waals surface area contributed by atoms with Crippen LogP contribution in [0.4, 0.5) is 21.8 Å². The quantitative estimate of drug-likeness (QED) is 0.501. The smallest absolute Gasteiger partial charge is 0.227 e. The van der Waals surface area contributed by atoms with Crippen LogP contribution in [0.5, 0.6) is 0 Å². The standard InChI is InChI=1S/C30H38FN9O/c1-20-14-28(36-30(35-20)39-9-7-26(33)25(31)19-39)38-12-10-37(11-13-38)17-23-18-40(16-21(2)41-23)27-6-5-22(15-32)29-24(27)4-3-8-34-29/h3-6,8,14,21,23,25-26H,7,9-13,16-19,33H2,1-2H3/t21-,23+,25+,26-/m1/s1. The van der Waals surface area contributed by atoms with Crippen LogP contribution < -0.4 is 20.4 Å². The monoisotopic (exact) mass is 559 g/mol. The lowest BCUT2D eigenvalue weighted by molar-refractivity contribution is -0.0327. The molecule has 216 valence electrons. The normalized spacial score (nSPS) is 25.9. The third-order valence-electron chi connectivity index (χ3n) is 8.40. The van der Waals surface area contributed by atoms with Crippen molar-refractivity contribution in [2.45, 2.75) is 44.7 Å². The van der Waals surface area contributed by atoms with Crippen molar-refractivity contribution < 1.29 is 9.13 Å². The average molecular weight is 560 g/mol. The molecule has 10 nitrogen and oxygen atoms in total. The molecule has 6 rings (SSSR count). The fraction of sp³-hybridized carbons (Fsp3) is 0.533. The Labute approximate surface area is 240 Å². The van der Waals surface area contributed by atoms with Crippen molar-refractivity contribution in [3.8, 4) is 6.07 Å². The molecule has 2 aromatic heterocycles. The van der Waals surface area contributed by atoms with Gasteiger partial charge in [0.25, 0.3) is 0 Å². The van der Waals surface area contributed by atoms with Crippen molar-refractivity contribution in [1.82, 2.24) is 19.9 Å². The van der Waals surface area contributed by atoms with Gasteiger partial charge in [-0.3, -0.25) is 9.88 Å². The van der Waals surface area contributed by atoms with Crippen LogP contribution in [-0.2, 0) is 4.74 Å². The van der Waals surface area contributed by atoms with E-state index < -0.39 is 12.2 Å². The number of morpholine rings is 1. The highest BCUT2D eigenvalue weighted by Gasteiger charge is 2.31. The second-order valence-corrected chi connectivity index (χ2v) is 11.5. The molecule has 5 heterocycles. The van der Waals surface area contributed by atoms with Crippen LogP contribution >= 0.6 is 0 Å². The predicted molar refractivity (Wildman–Crippen MR) is 158 cm³/mol. The van der Waals surface area contributed by atoms with Gasteiger partial charge in [0.1, 0.15) is 18.1 Å². The minimum atomic E-state index is -1.06. The van der Waals surface area contributed by atoms with Crippen LogP contribution in [0.15, 0.2) is 36.5 Å². The highest BCUT2D eigenvalue weighted by atomic mass is 19.1. The van der Waals surface area contributed by atoms with Gasteiger partial charge in [0.05, 0.1) is 29.8 Å². The SMILES string of the molecule is Cc1cc(N2CCN(C[C@H]3CN(c4ccc(C#N)c5ncccc45)C[C@@H](C)O3)CC2)nc(N2CC[C@@H](N)[C@@H](F)C2)n1. The maximum absolute atomic E-state index is 14.3. The van der Waals surface area contributed by atoms with Gasteiger partial charge in [0, 0.05) is 87.4 Å².